The summed E-state index contributed by atoms with van der Waals surface area (Å²) >= 11 is 0. The van der Waals surface area contributed by atoms with Crippen LogP contribution in [-0.4, -0.2) is 21.5 Å². The van der Waals surface area contributed by atoms with E-state index >= 15 is 0 Å². The summed E-state index contributed by atoms with van der Waals surface area (Å²) in [6, 6.07) is 4.96. The summed E-state index contributed by atoms with van der Waals surface area (Å²) in [4.78, 5) is -0.0506. The lowest BCUT2D eigenvalue weighted by Gasteiger charge is -2.13. The normalized spacial score (nSPS) is 18.0. The van der Waals surface area contributed by atoms with Crippen molar-refractivity contribution in [2.45, 2.75) is 17.7 Å². The highest BCUT2D eigenvalue weighted by atomic mass is 32.2. The molecule has 0 aromatic heterocycles. The molecule has 0 unspecified atom stereocenters. The third-order valence-corrected chi connectivity index (χ3v) is 4.53. The predicted octanol–water partition coefficient (Wildman–Crippen LogP) is 0.843. The Morgan fingerprint density at radius 1 is 1.41 bits per heavy atom. The van der Waals surface area contributed by atoms with Crippen molar-refractivity contribution in [1.82, 2.24) is 4.72 Å². The minimum absolute atomic E-state index is 0.0506. The summed E-state index contributed by atoms with van der Waals surface area (Å²) < 4.78 is 39.1. The molecule has 0 saturated heterocycles. The first kappa shape index (κ1) is 12.5. The van der Waals surface area contributed by atoms with Crippen LogP contribution in [0.3, 0.4) is 0 Å². The van der Waals surface area contributed by atoms with Crippen molar-refractivity contribution in [1.29, 1.82) is 0 Å². The Balaban J connectivity index is 2.09. The SMILES string of the molecule is NCC1(CNS(=O)(=O)c2cccc(F)c2)CC1. The summed E-state index contributed by atoms with van der Waals surface area (Å²) in [6.07, 6.45) is 1.88. The predicted molar refractivity (Wildman–Crippen MR) is 62.3 cm³/mol. The van der Waals surface area contributed by atoms with Crippen molar-refractivity contribution in [3.05, 3.63) is 30.1 Å². The average molecular weight is 258 g/mol. The maximum Gasteiger partial charge on any atom is 0.240 e. The van der Waals surface area contributed by atoms with Crippen molar-refractivity contribution in [3.63, 3.8) is 0 Å². The van der Waals surface area contributed by atoms with E-state index in [1.54, 1.807) is 0 Å². The molecule has 1 fully saturated rings. The van der Waals surface area contributed by atoms with Gasteiger partial charge < -0.3 is 5.73 Å². The van der Waals surface area contributed by atoms with E-state index in [-0.39, 0.29) is 10.3 Å². The molecule has 0 amide bonds. The van der Waals surface area contributed by atoms with E-state index < -0.39 is 15.8 Å². The summed E-state index contributed by atoms with van der Waals surface area (Å²) in [5, 5.41) is 0. The molecule has 1 aliphatic carbocycles. The van der Waals surface area contributed by atoms with E-state index in [1.807, 2.05) is 0 Å². The minimum Gasteiger partial charge on any atom is -0.330 e. The largest absolute Gasteiger partial charge is 0.330 e. The van der Waals surface area contributed by atoms with Crippen molar-refractivity contribution in [3.8, 4) is 0 Å². The van der Waals surface area contributed by atoms with E-state index in [9.17, 15) is 12.8 Å². The Kier molecular flexibility index (Phi) is 3.20. The molecule has 0 radical (unpaired) electrons. The van der Waals surface area contributed by atoms with Crippen LogP contribution in [0.15, 0.2) is 29.2 Å². The van der Waals surface area contributed by atoms with E-state index in [0.29, 0.717) is 13.1 Å². The molecular formula is C11H15FN2O2S. The molecule has 1 aromatic rings. The Labute approximate surface area is 100 Å². The second-order valence-corrected chi connectivity index (χ2v) is 6.25. The first-order valence-corrected chi connectivity index (χ1v) is 6.91. The fourth-order valence-corrected chi connectivity index (χ4v) is 2.78. The van der Waals surface area contributed by atoms with Gasteiger partial charge in [-0.05, 0) is 43.0 Å². The molecule has 4 nitrogen and oxygen atoms in total. The molecule has 0 spiro atoms. The third-order valence-electron chi connectivity index (χ3n) is 3.13. The van der Waals surface area contributed by atoms with E-state index in [1.165, 1.54) is 18.2 Å². The zero-order valence-electron chi connectivity index (χ0n) is 9.32. The maximum absolute atomic E-state index is 12.9. The molecule has 0 aliphatic heterocycles. The van der Waals surface area contributed by atoms with Crippen molar-refractivity contribution in [2.75, 3.05) is 13.1 Å². The van der Waals surface area contributed by atoms with Gasteiger partial charge in [0.15, 0.2) is 0 Å². The number of halogens is 1. The summed E-state index contributed by atoms with van der Waals surface area (Å²) in [5.74, 6) is -0.562. The summed E-state index contributed by atoms with van der Waals surface area (Å²) in [7, 11) is -3.63. The molecule has 0 bridgehead atoms. The van der Waals surface area contributed by atoms with Crippen LogP contribution < -0.4 is 10.5 Å². The van der Waals surface area contributed by atoms with Gasteiger partial charge in [0.2, 0.25) is 10.0 Å². The van der Waals surface area contributed by atoms with E-state index in [2.05, 4.69) is 4.72 Å². The monoisotopic (exact) mass is 258 g/mol. The highest BCUT2D eigenvalue weighted by molar-refractivity contribution is 7.89. The molecule has 6 heteroatoms. The molecular weight excluding hydrogens is 243 g/mol. The van der Waals surface area contributed by atoms with Gasteiger partial charge in [-0.1, -0.05) is 6.07 Å². The van der Waals surface area contributed by atoms with Crippen LogP contribution >= 0.6 is 0 Å². The smallest absolute Gasteiger partial charge is 0.240 e. The lowest BCUT2D eigenvalue weighted by molar-refractivity contribution is 0.500. The molecule has 1 aromatic carbocycles. The van der Waals surface area contributed by atoms with Gasteiger partial charge in [-0.15, -0.1) is 0 Å². The third kappa shape index (κ3) is 2.83. The number of nitrogens with two attached hydrogens (primary N) is 1. The zero-order valence-corrected chi connectivity index (χ0v) is 10.1. The van der Waals surface area contributed by atoms with Gasteiger partial charge in [0.1, 0.15) is 5.82 Å². The van der Waals surface area contributed by atoms with Gasteiger partial charge >= 0.3 is 0 Å². The van der Waals surface area contributed by atoms with Crippen LogP contribution in [0.25, 0.3) is 0 Å². The Morgan fingerprint density at radius 3 is 2.65 bits per heavy atom. The molecule has 0 heterocycles. The number of hydrogen-bond donors (Lipinski definition) is 2. The van der Waals surface area contributed by atoms with Gasteiger partial charge in [-0.2, -0.15) is 0 Å². The van der Waals surface area contributed by atoms with Crippen LogP contribution in [0.1, 0.15) is 12.8 Å². The van der Waals surface area contributed by atoms with Crippen LogP contribution in [0.2, 0.25) is 0 Å². The molecule has 3 N–H and O–H groups in total. The van der Waals surface area contributed by atoms with Crippen LogP contribution in [0.4, 0.5) is 4.39 Å². The quantitative estimate of drug-likeness (QED) is 0.822. The Bertz CT molecular complexity index is 512. The molecule has 1 aliphatic rings. The Hall–Kier alpha value is -0.980. The first-order chi connectivity index (χ1) is 7.97. The molecule has 0 atom stereocenters. The Morgan fingerprint density at radius 2 is 2.12 bits per heavy atom. The van der Waals surface area contributed by atoms with Gasteiger partial charge in [-0.3, -0.25) is 0 Å². The van der Waals surface area contributed by atoms with Gasteiger partial charge in [0.05, 0.1) is 4.90 Å². The molecule has 94 valence electrons. The molecule has 2 rings (SSSR count). The van der Waals surface area contributed by atoms with E-state index in [0.717, 1.165) is 18.9 Å². The topological polar surface area (TPSA) is 72.2 Å². The van der Waals surface area contributed by atoms with Crippen LogP contribution in [-0.2, 0) is 10.0 Å². The second-order valence-electron chi connectivity index (χ2n) is 4.49. The number of sulfonamides is 1. The lowest BCUT2D eigenvalue weighted by Crippen LogP contribution is -2.33. The van der Waals surface area contributed by atoms with Gasteiger partial charge in [0, 0.05) is 6.54 Å². The fraction of sp³-hybridized carbons (Fsp3) is 0.455. The maximum atomic E-state index is 12.9. The number of hydrogen-bond acceptors (Lipinski definition) is 3. The standard InChI is InChI=1S/C11H15FN2O2S/c12-9-2-1-3-10(6-9)17(15,16)14-8-11(7-13)4-5-11/h1-3,6,14H,4-5,7-8,13H2. The number of nitrogens with one attached hydrogen (secondary N) is 1. The highest BCUT2D eigenvalue weighted by Gasteiger charge is 2.41. The van der Waals surface area contributed by atoms with Crippen molar-refractivity contribution >= 4 is 10.0 Å². The fourth-order valence-electron chi connectivity index (χ4n) is 1.60. The van der Waals surface area contributed by atoms with Crippen molar-refractivity contribution < 1.29 is 12.8 Å². The highest BCUT2D eigenvalue weighted by Crippen LogP contribution is 2.43. The minimum atomic E-state index is -3.63. The number of rotatable bonds is 5. The zero-order chi connectivity index (χ0) is 12.5. The molecule has 1 saturated carbocycles. The summed E-state index contributed by atoms with van der Waals surface area (Å²) in [6.45, 7) is 0.793. The average Bonchev–Trinajstić information content (AvgIpc) is 3.07. The van der Waals surface area contributed by atoms with Gasteiger partial charge in [-0.25, -0.2) is 17.5 Å². The van der Waals surface area contributed by atoms with Crippen molar-refractivity contribution in [2.24, 2.45) is 11.1 Å². The molecule has 17 heavy (non-hydrogen) atoms. The number of benzene rings is 1. The van der Waals surface area contributed by atoms with Crippen LogP contribution in [0.5, 0.6) is 0 Å². The first-order valence-electron chi connectivity index (χ1n) is 5.43. The summed E-state index contributed by atoms with van der Waals surface area (Å²) in [5.41, 5.74) is 5.48. The van der Waals surface area contributed by atoms with Crippen LogP contribution in [0, 0.1) is 11.2 Å². The lowest BCUT2D eigenvalue weighted by atomic mass is 10.1. The van der Waals surface area contributed by atoms with E-state index in [4.69, 9.17) is 5.73 Å². The second kappa shape index (κ2) is 4.36. The van der Waals surface area contributed by atoms with Gasteiger partial charge in [0.25, 0.3) is 0 Å².